The van der Waals surface area contributed by atoms with Crippen molar-refractivity contribution in [3.63, 3.8) is 0 Å². The molecule has 30 heavy (non-hydrogen) atoms. The normalized spacial score (nSPS) is 15.3. The molecule has 0 atom stereocenters. The van der Waals surface area contributed by atoms with Crippen LogP contribution < -0.4 is 10.0 Å². The van der Waals surface area contributed by atoms with Crippen LogP contribution in [0.1, 0.15) is 16.1 Å². The number of sulfonamides is 1. The molecule has 2 N–H and O–H groups in total. The average Bonchev–Trinajstić information content (AvgIpc) is 3.29. The van der Waals surface area contributed by atoms with Gasteiger partial charge in [-0.05, 0) is 31.2 Å². The van der Waals surface area contributed by atoms with Gasteiger partial charge in [-0.2, -0.15) is 0 Å². The second kappa shape index (κ2) is 9.77. The summed E-state index contributed by atoms with van der Waals surface area (Å²) in [6, 6.07) is 10.1. The minimum Gasteiger partial charge on any atom is -0.459 e. The Bertz CT molecular complexity index is 963. The molecule has 2 aromatic rings. The van der Waals surface area contributed by atoms with Gasteiger partial charge in [-0.1, -0.05) is 17.7 Å². The van der Waals surface area contributed by atoms with E-state index in [1.807, 2.05) is 11.8 Å². The van der Waals surface area contributed by atoms with Crippen molar-refractivity contribution in [2.75, 3.05) is 46.3 Å². The van der Waals surface area contributed by atoms with Gasteiger partial charge in [0.05, 0.1) is 11.2 Å². The summed E-state index contributed by atoms with van der Waals surface area (Å²) in [6.45, 7) is 4.89. The summed E-state index contributed by atoms with van der Waals surface area (Å²) in [4.78, 5) is 20.7. The van der Waals surface area contributed by atoms with E-state index < -0.39 is 10.0 Å². The van der Waals surface area contributed by atoms with Crippen molar-refractivity contribution in [1.29, 1.82) is 0 Å². The number of hydrogen-bond acceptors (Lipinski definition) is 5. The van der Waals surface area contributed by atoms with Crippen molar-refractivity contribution in [1.82, 2.24) is 19.8 Å². The van der Waals surface area contributed by atoms with Crippen LogP contribution in [0.4, 0.5) is 0 Å². The molecule has 2 heterocycles. The van der Waals surface area contributed by atoms with Gasteiger partial charge < -0.3 is 19.5 Å². The minimum absolute atomic E-state index is 0.117. The third-order valence-corrected chi connectivity index (χ3v) is 6.32. The lowest BCUT2D eigenvalue weighted by atomic mass is 10.2. The third-order valence-electron chi connectivity index (χ3n) is 4.84. The smallest absolute Gasteiger partial charge is 0.289 e. The zero-order chi connectivity index (χ0) is 21.6. The fourth-order valence-corrected chi connectivity index (χ4v) is 4.20. The molecule has 1 saturated heterocycles. The first kappa shape index (κ1) is 21.8. The summed E-state index contributed by atoms with van der Waals surface area (Å²) in [6.07, 6.45) is 1.49. The average molecular weight is 434 g/mol. The fourth-order valence-electron chi connectivity index (χ4n) is 3.17. The maximum absolute atomic E-state index is 12.3. The van der Waals surface area contributed by atoms with Crippen LogP contribution in [0.15, 0.2) is 57.0 Å². The van der Waals surface area contributed by atoms with Crippen molar-refractivity contribution in [3.8, 4) is 0 Å². The predicted octanol–water partition coefficient (Wildman–Crippen LogP) is 0.900. The van der Waals surface area contributed by atoms with Crippen molar-refractivity contribution in [3.05, 3.63) is 54.0 Å². The van der Waals surface area contributed by atoms with Gasteiger partial charge in [-0.3, -0.25) is 9.79 Å². The third kappa shape index (κ3) is 5.39. The molecule has 1 aliphatic rings. The van der Waals surface area contributed by atoms with E-state index in [0.29, 0.717) is 44.4 Å². The lowest BCUT2D eigenvalue weighted by Crippen LogP contribution is -2.54. The Morgan fingerprint density at radius 3 is 2.33 bits per heavy atom. The number of nitrogens with zero attached hydrogens (tertiary/aromatic N) is 3. The number of hydrogen-bond donors (Lipinski definition) is 2. The molecule has 0 radical (unpaired) electrons. The van der Waals surface area contributed by atoms with E-state index in [1.54, 1.807) is 48.3 Å². The molecule has 10 heteroatoms. The Morgan fingerprint density at radius 1 is 1.07 bits per heavy atom. The Labute approximate surface area is 176 Å². The van der Waals surface area contributed by atoms with Gasteiger partial charge in [-0.25, -0.2) is 13.1 Å². The number of rotatable bonds is 6. The molecular weight excluding hydrogens is 406 g/mol. The highest BCUT2D eigenvalue weighted by Gasteiger charge is 2.25. The summed E-state index contributed by atoms with van der Waals surface area (Å²) in [5.41, 5.74) is 1.00. The van der Waals surface area contributed by atoms with Crippen LogP contribution in [-0.4, -0.2) is 76.4 Å². The van der Waals surface area contributed by atoms with E-state index in [2.05, 4.69) is 15.0 Å². The van der Waals surface area contributed by atoms with E-state index in [9.17, 15) is 13.2 Å². The van der Waals surface area contributed by atoms with Crippen molar-refractivity contribution >= 4 is 21.9 Å². The largest absolute Gasteiger partial charge is 0.459 e. The van der Waals surface area contributed by atoms with Gasteiger partial charge in [0.15, 0.2) is 11.7 Å². The van der Waals surface area contributed by atoms with E-state index in [4.69, 9.17) is 4.42 Å². The topological polar surface area (TPSA) is 107 Å². The van der Waals surface area contributed by atoms with Crippen LogP contribution in [-0.2, 0) is 10.0 Å². The van der Waals surface area contributed by atoms with Crippen LogP contribution in [0.25, 0.3) is 0 Å². The summed E-state index contributed by atoms with van der Waals surface area (Å²) >= 11 is 0. The van der Waals surface area contributed by atoms with E-state index >= 15 is 0 Å². The number of furan rings is 1. The molecular formula is C20H27N5O4S. The summed E-state index contributed by atoms with van der Waals surface area (Å²) < 4.78 is 32.4. The Kier molecular flexibility index (Phi) is 7.11. The van der Waals surface area contributed by atoms with E-state index in [0.717, 1.165) is 5.56 Å². The predicted molar refractivity (Wildman–Crippen MR) is 114 cm³/mol. The molecule has 1 amide bonds. The summed E-state index contributed by atoms with van der Waals surface area (Å²) in [5, 5.41) is 3.17. The molecule has 0 spiro atoms. The molecule has 1 aromatic carbocycles. The van der Waals surface area contributed by atoms with Gasteiger partial charge in [0.2, 0.25) is 10.0 Å². The van der Waals surface area contributed by atoms with Gasteiger partial charge in [-0.15, -0.1) is 0 Å². The maximum atomic E-state index is 12.3. The molecule has 3 rings (SSSR count). The molecule has 1 aliphatic heterocycles. The summed E-state index contributed by atoms with van der Waals surface area (Å²) in [5.74, 6) is 0.898. The number of aryl methyl sites for hydroxylation is 1. The zero-order valence-corrected chi connectivity index (χ0v) is 18.0. The molecule has 9 nitrogen and oxygen atoms in total. The maximum Gasteiger partial charge on any atom is 0.289 e. The van der Waals surface area contributed by atoms with Crippen LogP contribution in [0, 0.1) is 6.92 Å². The lowest BCUT2D eigenvalue weighted by molar-refractivity contribution is 0.0658. The fraction of sp³-hybridized carbons (Fsp3) is 0.400. The molecule has 1 aromatic heterocycles. The second-order valence-corrected chi connectivity index (χ2v) is 8.71. The molecule has 162 valence electrons. The van der Waals surface area contributed by atoms with Gasteiger partial charge in [0.25, 0.3) is 5.91 Å². The second-order valence-electron chi connectivity index (χ2n) is 6.94. The first-order valence-corrected chi connectivity index (χ1v) is 11.2. The van der Waals surface area contributed by atoms with Crippen molar-refractivity contribution in [2.24, 2.45) is 4.99 Å². The van der Waals surface area contributed by atoms with Gasteiger partial charge >= 0.3 is 0 Å². The number of aliphatic imine (C=N–C) groups is 1. The minimum atomic E-state index is -3.54. The van der Waals surface area contributed by atoms with Crippen molar-refractivity contribution in [2.45, 2.75) is 11.8 Å². The standard InChI is InChI=1S/C20H27N5O4S/c1-16-5-7-17(8-6-16)30(27,28)23-10-9-22-20(21-2)25-13-11-24(12-14-25)19(26)18-4-3-15-29-18/h3-8,15,23H,9-14H2,1-2H3,(H,21,22). The molecule has 0 saturated carbocycles. The monoisotopic (exact) mass is 433 g/mol. The zero-order valence-electron chi connectivity index (χ0n) is 17.2. The lowest BCUT2D eigenvalue weighted by Gasteiger charge is -2.36. The van der Waals surface area contributed by atoms with E-state index in [-0.39, 0.29) is 17.3 Å². The van der Waals surface area contributed by atoms with Crippen molar-refractivity contribution < 1.29 is 17.6 Å². The number of carbonyl (C=O) groups excluding carboxylic acids is 1. The number of nitrogens with one attached hydrogen (secondary N) is 2. The number of guanidine groups is 1. The highest BCUT2D eigenvalue weighted by molar-refractivity contribution is 7.89. The molecule has 0 unspecified atom stereocenters. The van der Waals surface area contributed by atoms with Crippen LogP contribution in [0.5, 0.6) is 0 Å². The number of benzene rings is 1. The van der Waals surface area contributed by atoms with E-state index in [1.165, 1.54) is 6.26 Å². The number of carbonyl (C=O) groups is 1. The Morgan fingerprint density at radius 2 is 1.73 bits per heavy atom. The first-order valence-electron chi connectivity index (χ1n) is 9.75. The molecule has 1 fully saturated rings. The molecule has 0 aliphatic carbocycles. The quantitative estimate of drug-likeness (QED) is 0.398. The molecule has 0 bridgehead atoms. The first-order chi connectivity index (χ1) is 14.4. The van der Waals surface area contributed by atoms with Crippen LogP contribution >= 0.6 is 0 Å². The Balaban J connectivity index is 1.44. The van der Waals surface area contributed by atoms with Crippen LogP contribution in [0.3, 0.4) is 0 Å². The SMILES string of the molecule is CN=C(NCCNS(=O)(=O)c1ccc(C)cc1)N1CCN(C(=O)c2ccco2)CC1. The summed E-state index contributed by atoms with van der Waals surface area (Å²) in [7, 11) is -1.86. The number of amides is 1. The Hall–Kier alpha value is -2.85. The highest BCUT2D eigenvalue weighted by atomic mass is 32.2. The number of piperazine rings is 1. The highest BCUT2D eigenvalue weighted by Crippen LogP contribution is 2.10. The van der Waals surface area contributed by atoms with Crippen LogP contribution in [0.2, 0.25) is 0 Å². The van der Waals surface area contributed by atoms with Gasteiger partial charge in [0, 0.05) is 46.3 Å². The van der Waals surface area contributed by atoms with Gasteiger partial charge in [0.1, 0.15) is 0 Å².